The van der Waals surface area contributed by atoms with Crippen molar-refractivity contribution >= 4 is 23.3 Å². The van der Waals surface area contributed by atoms with Crippen LogP contribution in [0, 0.1) is 5.92 Å². The van der Waals surface area contributed by atoms with Gasteiger partial charge < -0.3 is 14.8 Å². The highest BCUT2D eigenvalue weighted by molar-refractivity contribution is 6.33. The Morgan fingerprint density at radius 3 is 2.52 bits per heavy atom. The molecule has 25 heavy (non-hydrogen) atoms. The van der Waals surface area contributed by atoms with Gasteiger partial charge in [-0.15, -0.1) is 0 Å². The lowest BCUT2D eigenvalue weighted by atomic mass is 10.1. The van der Waals surface area contributed by atoms with Crippen LogP contribution in [0.25, 0.3) is 11.1 Å². The number of hydrogen-bond donors (Lipinski definition) is 1. The van der Waals surface area contributed by atoms with E-state index in [0.717, 1.165) is 36.8 Å². The number of carbonyl (C=O) groups is 1. The first-order valence-corrected chi connectivity index (χ1v) is 8.95. The molecule has 130 valence electrons. The maximum absolute atomic E-state index is 12.2. The molecule has 2 heterocycles. The molecule has 2 aromatic rings. The van der Waals surface area contributed by atoms with Gasteiger partial charge in [0.1, 0.15) is 19.0 Å². The van der Waals surface area contributed by atoms with Gasteiger partial charge in [-0.3, -0.25) is 4.79 Å². The minimum Gasteiger partial charge on any atom is -0.486 e. The van der Waals surface area contributed by atoms with Gasteiger partial charge in [-0.05, 0) is 31.0 Å². The number of halogens is 1. The first-order valence-electron chi connectivity index (χ1n) is 8.57. The van der Waals surface area contributed by atoms with Crippen LogP contribution in [-0.2, 0) is 4.79 Å². The van der Waals surface area contributed by atoms with E-state index in [1.54, 1.807) is 18.3 Å². The normalized spacial score (nSPS) is 16.7. The topological polar surface area (TPSA) is 60.5 Å². The smallest absolute Gasteiger partial charge is 0.228 e. The minimum atomic E-state index is 0.0649. The molecule has 1 aromatic carbocycles. The van der Waals surface area contributed by atoms with Crippen LogP contribution in [0.1, 0.15) is 25.7 Å². The Labute approximate surface area is 151 Å². The number of aromatic nitrogens is 1. The third kappa shape index (κ3) is 3.42. The van der Waals surface area contributed by atoms with Crippen LogP contribution in [0.15, 0.2) is 30.5 Å². The Morgan fingerprint density at radius 1 is 1.12 bits per heavy atom. The molecule has 1 aliphatic heterocycles. The summed E-state index contributed by atoms with van der Waals surface area (Å²) < 4.78 is 11.1. The highest BCUT2D eigenvalue weighted by Gasteiger charge is 2.23. The van der Waals surface area contributed by atoms with Gasteiger partial charge in [0.15, 0.2) is 11.5 Å². The molecule has 6 heteroatoms. The van der Waals surface area contributed by atoms with E-state index in [4.69, 9.17) is 21.1 Å². The molecule has 1 amide bonds. The predicted molar refractivity (Wildman–Crippen MR) is 96.3 cm³/mol. The Balaban J connectivity index is 1.53. The van der Waals surface area contributed by atoms with Crippen LogP contribution >= 0.6 is 11.6 Å². The molecule has 2 aliphatic rings. The summed E-state index contributed by atoms with van der Waals surface area (Å²) in [6.45, 7) is 1.05. The molecule has 0 saturated heterocycles. The zero-order chi connectivity index (χ0) is 17.2. The predicted octanol–water partition coefficient (Wildman–Crippen LogP) is 4.30. The number of carbonyl (C=O) groups excluding carboxylic acids is 1. The zero-order valence-corrected chi connectivity index (χ0v) is 14.5. The van der Waals surface area contributed by atoms with E-state index in [1.807, 2.05) is 12.1 Å². The van der Waals surface area contributed by atoms with E-state index in [9.17, 15) is 4.79 Å². The molecule has 1 aromatic heterocycles. The summed E-state index contributed by atoms with van der Waals surface area (Å²) in [4.78, 5) is 16.5. The summed E-state index contributed by atoms with van der Waals surface area (Å²) >= 11 is 6.37. The SMILES string of the molecule is O=C(Nc1ccc(-c2cc3c(cc2Cl)OCCO3)cn1)C1CCCC1. The maximum Gasteiger partial charge on any atom is 0.228 e. The van der Waals surface area contributed by atoms with Crippen molar-refractivity contribution in [1.29, 1.82) is 0 Å². The molecule has 5 nitrogen and oxygen atoms in total. The number of nitrogens with zero attached hydrogens (tertiary/aromatic N) is 1. The van der Waals surface area contributed by atoms with E-state index >= 15 is 0 Å². The third-order valence-corrected chi connectivity index (χ3v) is 5.00. The largest absolute Gasteiger partial charge is 0.486 e. The fraction of sp³-hybridized carbons (Fsp3) is 0.368. The summed E-state index contributed by atoms with van der Waals surface area (Å²) in [6.07, 6.45) is 5.91. The Kier molecular flexibility index (Phi) is 4.49. The molecular weight excluding hydrogens is 340 g/mol. The summed E-state index contributed by atoms with van der Waals surface area (Å²) in [5.41, 5.74) is 1.69. The van der Waals surface area contributed by atoms with E-state index in [1.165, 1.54) is 0 Å². The number of nitrogens with one attached hydrogen (secondary N) is 1. The first-order chi connectivity index (χ1) is 12.2. The number of rotatable bonds is 3. The molecule has 0 radical (unpaired) electrons. The van der Waals surface area contributed by atoms with E-state index in [0.29, 0.717) is 35.6 Å². The van der Waals surface area contributed by atoms with Crippen LogP contribution in [0.5, 0.6) is 11.5 Å². The Morgan fingerprint density at radius 2 is 1.84 bits per heavy atom. The van der Waals surface area contributed by atoms with Crippen molar-refractivity contribution < 1.29 is 14.3 Å². The lowest BCUT2D eigenvalue weighted by molar-refractivity contribution is -0.119. The van der Waals surface area contributed by atoms with Crippen molar-refractivity contribution in [1.82, 2.24) is 4.98 Å². The standard InChI is InChI=1S/C19H19ClN2O3/c20-15-10-17-16(24-7-8-25-17)9-14(15)13-5-6-18(21-11-13)22-19(23)12-3-1-2-4-12/h5-6,9-12H,1-4,7-8H2,(H,21,22,23). The quantitative estimate of drug-likeness (QED) is 0.888. The van der Waals surface area contributed by atoms with Crippen molar-refractivity contribution in [2.45, 2.75) is 25.7 Å². The molecule has 1 N–H and O–H groups in total. The van der Waals surface area contributed by atoms with Gasteiger partial charge in [0.2, 0.25) is 5.91 Å². The molecule has 1 aliphatic carbocycles. The van der Waals surface area contributed by atoms with Crippen molar-refractivity contribution in [2.75, 3.05) is 18.5 Å². The number of anilines is 1. The van der Waals surface area contributed by atoms with Crippen molar-refractivity contribution in [3.05, 3.63) is 35.5 Å². The second kappa shape index (κ2) is 6.92. The van der Waals surface area contributed by atoms with Gasteiger partial charge in [-0.1, -0.05) is 24.4 Å². The summed E-state index contributed by atoms with van der Waals surface area (Å²) in [6, 6.07) is 7.33. The monoisotopic (exact) mass is 358 g/mol. The highest BCUT2D eigenvalue weighted by atomic mass is 35.5. The van der Waals surface area contributed by atoms with Gasteiger partial charge in [0.05, 0.1) is 5.02 Å². The molecule has 0 atom stereocenters. The Bertz CT molecular complexity index is 786. The van der Waals surface area contributed by atoms with Crippen LogP contribution in [0.3, 0.4) is 0 Å². The number of ether oxygens (including phenoxy) is 2. The summed E-state index contributed by atoms with van der Waals surface area (Å²) in [5.74, 6) is 2.09. The van der Waals surface area contributed by atoms with Crippen LogP contribution < -0.4 is 14.8 Å². The van der Waals surface area contributed by atoms with Gasteiger partial charge in [-0.2, -0.15) is 0 Å². The number of amides is 1. The van der Waals surface area contributed by atoms with Gasteiger partial charge in [0.25, 0.3) is 0 Å². The molecular formula is C19H19ClN2O3. The van der Waals surface area contributed by atoms with Crippen molar-refractivity contribution in [3.63, 3.8) is 0 Å². The number of hydrogen-bond acceptors (Lipinski definition) is 4. The highest BCUT2D eigenvalue weighted by Crippen LogP contribution is 2.39. The molecule has 4 rings (SSSR count). The maximum atomic E-state index is 12.2. The number of fused-ring (bicyclic) bond motifs is 1. The lowest BCUT2D eigenvalue weighted by Crippen LogP contribution is -2.20. The van der Waals surface area contributed by atoms with Crippen LogP contribution in [0.2, 0.25) is 5.02 Å². The average Bonchev–Trinajstić information content (AvgIpc) is 3.17. The van der Waals surface area contributed by atoms with E-state index in [-0.39, 0.29) is 11.8 Å². The van der Waals surface area contributed by atoms with Crippen LogP contribution in [0.4, 0.5) is 5.82 Å². The lowest BCUT2D eigenvalue weighted by Gasteiger charge is -2.20. The molecule has 0 spiro atoms. The number of benzene rings is 1. The molecule has 1 fully saturated rings. The summed E-state index contributed by atoms with van der Waals surface area (Å²) in [5, 5.41) is 3.48. The average molecular weight is 359 g/mol. The fourth-order valence-electron chi connectivity index (χ4n) is 3.33. The third-order valence-electron chi connectivity index (χ3n) is 4.68. The van der Waals surface area contributed by atoms with Gasteiger partial charge in [-0.25, -0.2) is 4.98 Å². The fourth-order valence-corrected chi connectivity index (χ4v) is 3.59. The Hall–Kier alpha value is -2.27. The van der Waals surface area contributed by atoms with Gasteiger partial charge >= 0.3 is 0 Å². The molecule has 1 saturated carbocycles. The molecule has 0 unspecified atom stereocenters. The number of pyridine rings is 1. The first kappa shape index (κ1) is 16.2. The minimum absolute atomic E-state index is 0.0649. The van der Waals surface area contributed by atoms with Crippen molar-refractivity contribution in [3.8, 4) is 22.6 Å². The van der Waals surface area contributed by atoms with Crippen molar-refractivity contribution in [2.24, 2.45) is 5.92 Å². The summed E-state index contributed by atoms with van der Waals surface area (Å²) in [7, 11) is 0. The molecule has 0 bridgehead atoms. The van der Waals surface area contributed by atoms with E-state index < -0.39 is 0 Å². The zero-order valence-electron chi connectivity index (χ0n) is 13.8. The second-order valence-electron chi connectivity index (χ2n) is 6.38. The van der Waals surface area contributed by atoms with Gasteiger partial charge in [0, 0.05) is 29.3 Å². The van der Waals surface area contributed by atoms with E-state index in [2.05, 4.69) is 10.3 Å². The second-order valence-corrected chi connectivity index (χ2v) is 6.79. The van der Waals surface area contributed by atoms with Crippen LogP contribution in [-0.4, -0.2) is 24.1 Å².